The molecular weight excluding hydrogens is 192 g/mol. The molecular formula is C9H9F2NO2. The fourth-order valence-electron chi connectivity index (χ4n) is 1.41. The van der Waals surface area contributed by atoms with Gasteiger partial charge in [-0.05, 0) is 19.1 Å². The van der Waals surface area contributed by atoms with Gasteiger partial charge in [-0.3, -0.25) is 0 Å². The molecule has 0 saturated carbocycles. The summed E-state index contributed by atoms with van der Waals surface area (Å²) in [6.07, 6.45) is -3.54. The van der Waals surface area contributed by atoms with Crippen molar-refractivity contribution in [2.75, 3.05) is 12.4 Å². The van der Waals surface area contributed by atoms with Crippen LogP contribution in [0.3, 0.4) is 0 Å². The Morgan fingerprint density at radius 2 is 2.00 bits per heavy atom. The maximum atomic E-state index is 12.7. The van der Waals surface area contributed by atoms with E-state index in [0.717, 1.165) is 5.69 Å². The highest BCUT2D eigenvalue weighted by Gasteiger charge is 2.44. The van der Waals surface area contributed by atoms with Crippen LogP contribution in [-0.4, -0.2) is 13.3 Å². The maximum Gasteiger partial charge on any atom is 0.586 e. The van der Waals surface area contributed by atoms with Crippen LogP contribution in [0.25, 0.3) is 0 Å². The second kappa shape index (κ2) is 2.73. The van der Waals surface area contributed by atoms with Crippen molar-refractivity contribution in [2.24, 2.45) is 0 Å². The van der Waals surface area contributed by atoms with Crippen LogP contribution in [0.1, 0.15) is 5.56 Å². The SMILES string of the molecule is CNc1ccc2c(c1C)OC(F)(F)O2. The van der Waals surface area contributed by atoms with Gasteiger partial charge in [0.05, 0.1) is 0 Å². The topological polar surface area (TPSA) is 30.5 Å². The molecule has 5 heteroatoms. The first-order valence-electron chi connectivity index (χ1n) is 4.11. The third-order valence-corrected chi connectivity index (χ3v) is 2.09. The molecule has 3 nitrogen and oxygen atoms in total. The summed E-state index contributed by atoms with van der Waals surface area (Å²) in [7, 11) is 1.71. The van der Waals surface area contributed by atoms with Crippen molar-refractivity contribution in [1.82, 2.24) is 0 Å². The van der Waals surface area contributed by atoms with Gasteiger partial charge >= 0.3 is 6.29 Å². The fraction of sp³-hybridized carbons (Fsp3) is 0.333. The fourth-order valence-corrected chi connectivity index (χ4v) is 1.41. The Morgan fingerprint density at radius 3 is 2.64 bits per heavy atom. The number of ether oxygens (including phenoxy) is 2. The number of fused-ring (bicyclic) bond motifs is 1. The van der Waals surface area contributed by atoms with Crippen molar-refractivity contribution in [1.29, 1.82) is 0 Å². The normalized spacial score (nSPS) is 16.9. The summed E-state index contributed by atoms with van der Waals surface area (Å²) in [4.78, 5) is 0. The first kappa shape index (κ1) is 9.05. The highest BCUT2D eigenvalue weighted by atomic mass is 19.3. The summed E-state index contributed by atoms with van der Waals surface area (Å²) in [6.45, 7) is 1.69. The molecule has 0 fully saturated rings. The van der Waals surface area contributed by atoms with Crippen LogP contribution in [0.4, 0.5) is 14.5 Å². The molecule has 0 saturated heterocycles. The number of benzene rings is 1. The third kappa shape index (κ3) is 1.25. The van der Waals surface area contributed by atoms with Crippen LogP contribution in [-0.2, 0) is 0 Å². The largest absolute Gasteiger partial charge is 0.586 e. The van der Waals surface area contributed by atoms with Gasteiger partial charge in [0.25, 0.3) is 0 Å². The number of halogens is 2. The van der Waals surface area contributed by atoms with Gasteiger partial charge in [-0.2, -0.15) is 0 Å². The van der Waals surface area contributed by atoms with Crippen LogP contribution in [0.2, 0.25) is 0 Å². The van der Waals surface area contributed by atoms with E-state index in [1.54, 1.807) is 20.0 Å². The van der Waals surface area contributed by atoms with E-state index in [0.29, 0.717) is 5.56 Å². The van der Waals surface area contributed by atoms with E-state index in [1.807, 2.05) is 0 Å². The number of hydrogen-bond donors (Lipinski definition) is 1. The van der Waals surface area contributed by atoms with E-state index in [2.05, 4.69) is 14.8 Å². The van der Waals surface area contributed by atoms with Gasteiger partial charge in [0.15, 0.2) is 11.5 Å². The Balaban J connectivity index is 2.48. The Kier molecular flexibility index (Phi) is 1.77. The number of rotatable bonds is 1. The second-order valence-electron chi connectivity index (χ2n) is 2.98. The van der Waals surface area contributed by atoms with Gasteiger partial charge in [-0.25, -0.2) is 0 Å². The second-order valence-corrected chi connectivity index (χ2v) is 2.98. The zero-order chi connectivity index (χ0) is 10.3. The number of nitrogens with one attached hydrogen (secondary N) is 1. The number of alkyl halides is 2. The lowest BCUT2D eigenvalue weighted by Crippen LogP contribution is -2.26. The van der Waals surface area contributed by atoms with E-state index in [9.17, 15) is 8.78 Å². The Bertz CT molecular complexity index is 379. The molecule has 76 valence electrons. The first-order valence-corrected chi connectivity index (χ1v) is 4.11. The van der Waals surface area contributed by atoms with Gasteiger partial charge in [-0.1, -0.05) is 0 Å². The molecule has 1 aromatic carbocycles. The van der Waals surface area contributed by atoms with Crippen LogP contribution >= 0.6 is 0 Å². The Hall–Kier alpha value is -1.52. The molecule has 1 aliphatic rings. The predicted octanol–water partition coefficient (Wildman–Crippen LogP) is 2.36. The summed E-state index contributed by atoms with van der Waals surface area (Å²) in [5, 5.41) is 2.87. The highest BCUT2D eigenvalue weighted by molar-refractivity contribution is 5.62. The average Bonchev–Trinajstić information content (AvgIpc) is 2.42. The molecule has 1 N–H and O–H groups in total. The quantitative estimate of drug-likeness (QED) is 0.756. The molecule has 0 radical (unpaired) electrons. The minimum absolute atomic E-state index is 0.0755. The molecule has 0 unspecified atom stereocenters. The summed E-state index contributed by atoms with van der Waals surface area (Å²) in [5.74, 6) is 0.174. The lowest BCUT2D eigenvalue weighted by molar-refractivity contribution is -0.286. The minimum atomic E-state index is -3.54. The van der Waals surface area contributed by atoms with E-state index in [4.69, 9.17) is 0 Å². The standard InChI is InChI=1S/C9H9F2NO2/c1-5-6(12-2)3-4-7-8(5)14-9(10,11)13-7/h3-4,12H,1-2H3. The molecule has 0 bridgehead atoms. The summed E-state index contributed by atoms with van der Waals surface area (Å²) >= 11 is 0. The van der Waals surface area contributed by atoms with Crippen LogP contribution in [0, 0.1) is 6.92 Å². The molecule has 0 aromatic heterocycles. The van der Waals surface area contributed by atoms with Crippen molar-refractivity contribution in [3.8, 4) is 11.5 Å². The van der Waals surface area contributed by atoms with Crippen LogP contribution in [0.15, 0.2) is 12.1 Å². The monoisotopic (exact) mass is 201 g/mol. The zero-order valence-corrected chi connectivity index (χ0v) is 7.73. The molecule has 1 heterocycles. The van der Waals surface area contributed by atoms with Crippen molar-refractivity contribution in [2.45, 2.75) is 13.2 Å². The first-order chi connectivity index (χ1) is 6.53. The van der Waals surface area contributed by atoms with Gasteiger partial charge in [0.2, 0.25) is 0 Å². The molecule has 0 aliphatic carbocycles. The van der Waals surface area contributed by atoms with Gasteiger partial charge in [-0.15, -0.1) is 8.78 Å². The molecule has 0 spiro atoms. The van der Waals surface area contributed by atoms with E-state index in [1.165, 1.54) is 6.07 Å². The molecule has 14 heavy (non-hydrogen) atoms. The Labute approximate surface area is 79.6 Å². The van der Waals surface area contributed by atoms with Crippen molar-refractivity contribution in [3.05, 3.63) is 17.7 Å². The molecule has 1 aromatic rings. The highest BCUT2D eigenvalue weighted by Crippen LogP contribution is 2.45. The molecule has 0 atom stereocenters. The van der Waals surface area contributed by atoms with Crippen molar-refractivity contribution in [3.63, 3.8) is 0 Å². The smallest absolute Gasteiger partial charge is 0.395 e. The van der Waals surface area contributed by atoms with E-state index in [-0.39, 0.29) is 11.5 Å². The third-order valence-electron chi connectivity index (χ3n) is 2.09. The molecule has 1 aliphatic heterocycles. The van der Waals surface area contributed by atoms with Crippen LogP contribution in [0.5, 0.6) is 11.5 Å². The van der Waals surface area contributed by atoms with E-state index < -0.39 is 6.29 Å². The summed E-state index contributed by atoms with van der Waals surface area (Å²) in [5.41, 5.74) is 1.35. The Morgan fingerprint density at radius 1 is 1.29 bits per heavy atom. The van der Waals surface area contributed by atoms with Crippen molar-refractivity contribution < 1.29 is 18.3 Å². The predicted molar refractivity (Wildman–Crippen MR) is 46.9 cm³/mol. The number of anilines is 1. The van der Waals surface area contributed by atoms with Gasteiger partial charge in [0.1, 0.15) is 0 Å². The minimum Gasteiger partial charge on any atom is -0.395 e. The average molecular weight is 201 g/mol. The lowest BCUT2D eigenvalue weighted by atomic mass is 10.1. The van der Waals surface area contributed by atoms with Gasteiger partial charge in [0, 0.05) is 18.3 Å². The van der Waals surface area contributed by atoms with Gasteiger partial charge < -0.3 is 14.8 Å². The maximum absolute atomic E-state index is 12.7. The van der Waals surface area contributed by atoms with Crippen LogP contribution < -0.4 is 14.8 Å². The zero-order valence-electron chi connectivity index (χ0n) is 7.73. The summed E-state index contributed by atoms with van der Waals surface area (Å²) in [6, 6.07) is 3.12. The van der Waals surface area contributed by atoms with Crippen molar-refractivity contribution >= 4 is 5.69 Å². The summed E-state index contributed by atoms with van der Waals surface area (Å²) < 4.78 is 34.0. The molecule has 2 rings (SSSR count). The lowest BCUT2D eigenvalue weighted by Gasteiger charge is -2.07. The molecule has 0 amide bonds. The number of hydrogen-bond acceptors (Lipinski definition) is 3. The van der Waals surface area contributed by atoms with E-state index >= 15 is 0 Å².